The predicted molar refractivity (Wildman–Crippen MR) is 137 cm³/mol. The Morgan fingerprint density at radius 1 is 0.889 bits per heavy atom. The number of carbonyl (C=O) groups excluding carboxylic acids is 4. The summed E-state index contributed by atoms with van der Waals surface area (Å²) < 4.78 is 0. The van der Waals surface area contributed by atoms with E-state index in [4.69, 9.17) is 0 Å². The largest absolute Gasteiger partial charge is 0.326 e. The van der Waals surface area contributed by atoms with Crippen molar-refractivity contribution in [2.24, 2.45) is 5.92 Å². The SMILES string of the molecule is CC(C)CC(=O)Nc1ccc(C(=O)CN2C(=O)NC(Cc3ccccc3)(c3ccccc3)C2=O)cc1. The highest BCUT2D eigenvalue weighted by molar-refractivity contribution is 6.11. The van der Waals surface area contributed by atoms with Gasteiger partial charge in [-0.05, 0) is 41.3 Å². The molecule has 4 amide bonds. The zero-order chi connectivity index (χ0) is 25.7. The lowest BCUT2D eigenvalue weighted by atomic mass is 9.83. The van der Waals surface area contributed by atoms with Crippen LogP contribution >= 0.6 is 0 Å². The number of amides is 4. The lowest BCUT2D eigenvalue weighted by molar-refractivity contribution is -0.131. The summed E-state index contributed by atoms with van der Waals surface area (Å²) in [5, 5.41) is 5.67. The van der Waals surface area contributed by atoms with Crippen LogP contribution in [0.4, 0.5) is 10.5 Å². The number of carbonyl (C=O) groups is 4. The van der Waals surface area contributed by atoms with Crippen molar-refractivity contribution >= 4 is 29.3 Å². The summed E-state index contributed by atoms with van der Waals surface area (Å²) in [6.07, 6.45) is 0.664. The summed E-state index contributed by atoms with van der Waals surface area (Å²) in [6, 6.07) is 24.4. The number of nitrogens with one attached hydrogen (secondary N) is 2. The van der Waals surface area contributed by atoms with Crippen LogP contribution < -0.4 is 10.6 Å². The maximum absolute atomic E-state index is 13.7. The minimum atomic E-state index is -1.30. The molecule has 7 nitrogen and oxygen atoms in total. The number of benzene rings is 3. The van der Waals surface area contributed by atoms with E-state index >= 15 is 0 Å². The quantitative estimate of drug-likeness (QED) is 0.345. The number of nitrogens with zero attached hydrogens (tertiary/aromatic N) is 1. The van der Waals surface area contributed by atoms with Crippen molar-refractivity contribution < 1.29 is 19.2 Å². The molecule has 0 aliphatic carbocycles. The van der Waals surface area contributed by atoms with Gasteiger partial charge >= 0.3 is 6.03 Å². The summed E-state index contributed by atoms with van der Waals surface area (Å²) in [7, 11) is 0. The molecule has 0 radical (unpaired) electrons. The fraction of sp³-hybridized carbons (Fsp3) is 0.241. The van der Waals surface area contributed by atoms with Crippen molar-refractivity contribution in [1.82, 2.24) is 10.2 Å². The summed E-state index contributed by atoms with van der Waals surface area (Å²) in [5.41, 5.74) is 1.17. The zero-order valence-electron chi connectivity index (χ0n) is 20.4. The van der Waals surface area contributed by atoms with E-state index in [2.05, 4.69) is 10.6 Å². The summed E-state index contributed by atoms with van der Waals surface area (Å²) in [4.78, 5) is 52.7. The minimum Gasteiger partial charge on any atom is -0.326 e. The van der Waals surface area contributed by atoms with Crippen LogP contribution in [0.5, 0.6) is 0 Å². The molecule has 1 heterocycles. The van der Waals surface area contributed by atoms with Gasteiger partial charge in [0.25, 0.3) is 5.91 Å². The first kappa shape index (κ1) is 24.9. The topological polar surface area (TPSA) is 95.6 Å². The molecular formula is C29H29N3O4. The third-order valence-electron chi connectivity index (χ3n) is 6.14. The predicted octanol–water partition coefficient (Wildman–Crippen LogP) is 4.54. The van der Waals surface area contributed by atoms with Crippen LogP contribution in [-0.2, 0) is 21.5 Å². The number of ketones is 1. The van der Waals surface area contributed by atoms with Crippen molar-refractivity contribution in [2.75, 3.05) is 11.9 Å². The minimum absolute atomic E-state index is 0.0981. The second-order valence-electron chi connectivity index (χ2n) is 9.40. The molecule has 1 unspecified atom stereocenters. The van der Waals surface area contributed by atoms with E-state index in [1.165, 1.54) is 0 Å². The Morgan fingerprint density at radius 3 is 2.11 bits per heavy atom. The Labute approximate surface area is 210 Å². The maximum atomic E-state index is 13.7. The molecule has 0 saturated carbocycles. The number of anilines is 1. The van der Waals surface area contributed by atoms with Crippen molar-refractivity contribution in [2.45, 2.75) is 32.2 Å². The van der Waals surface area contributed by atoms with Crippen molar-refractivity contribution in [3.8, 4) is 0 Å². The zero-order valence-corrected chi connectivity index (χ0v) is 20.4. The summed E-state index contributed by atoms with van der Waals surface area (Å²) in [5.74, 6) is -0.699. The highest BCUT2D eigenvalue weighted by Crippen LogP contribution is 2.33. The Kier molecular flexibility index (Phi) is 7.29. The van der Waals surface area contributed by atoms with E-state index in [0.29, 0.717) is 23.2 Å². The molecule has 4 rings (SSSR count). The van der Waals surface area contributed by atoms with E-state index in [0.717, 1.165) is 10.5 Å². The van der Waals surface area contributed by atoms with Gasteiger partial charge in [-0.3, -0.25) is 19.3 Å². The number of Topliss-reactive ketones (excluding diaryl/α,β-unsaturated/α-hetero) is 1. The third kappa shape index (κ3) is 5.35. The molecule has 0 spiro atoms. The van der Waals surface area contributed by atoms with E-state index in [1.54, 1.807) is 36.4 Å². The maximum Gasteiger partial charge on any atom is 0.325 e. The Balaban J connectivity index is 1.53. The van der Waals surface area contributed by atoms with Gasteiger partial charge in [0.1, 0.15) is 0 Å². The van der Waals surface area contributed by atoms with E-state index in [-0.39, 0.29) is 30.6 Å². The first-order valence-corrected chi connectivity index (χ1v) is 11.9. The molecule has 1 atom stereocenters. The van der Waals surface area contributed by atoms with Gasteiger partial charge in [0.05, 0.1) is 6.54 Å². The van der Waals surface area contributed by atoms with Crippen LogP contribution in [0.1, 0.15) is 41.8 Å². The van der Waals surface area contributed by atoms with Crippen LogP contribution in [-0.4, -0.2) is 35.1 Å². The Hall–Kier alpha value is -4.26. The molecule has 1 aliphatic rings. The Morgan fingerprint density at radius 2 is 1.50 bits per heavy atom. The van der Waals surface area contributed by atoms with E-state index in [9.17, 15) is 19.2 Å². The number of hydrogen-bond acceptors (Lipinski definition) is 4. The normalized spacial score (nSPS) is 17.2. The van der Waals surface area contributed by atoms with Crippen LogP contribution in [0.25, 0.3) is 0 Å². The molecule has 2 N–H and O–H groups in total. The molecule has 1 saturated heterocycles. The molecular weight excluding hydrogens is 454 g/mol. The lowest BCUT2D eigenvalue weighted by Crippen LogP contribution is -2.46. The van der Waals surface area contributed by atoms with Crippen LogP contribution in [0.2, 0.25) is 0 Å². The lowest BCUT2D eigenvalue weighted by Gasteiger charge is -2.27. The molecule has 3 aromatic rings. The smallest absolute Gasteiger partial charge is 0.325 e. The molecule has 36 heavy (non-hydrogen) atoms. The fourth-order valence-corrected chi connectivity index (χ4v) is 4.37. The van der Waals surface area contributed by atoms with Gasteiger partial charge in [-0.25, -0.2) is 4.79 Å². The van der Waals surface area contributed by atoms with Crippen molar-refractivity contribution in [3.63, 3.8) is 0 Å². The molecule has 7 heteroatoms. The third-order valence-corrected chi connectivity index (χ3v) is 6.14. The summed E-state index contributed by atoms with van der Waals surface area (Å²) >= 11 is 0. The highest BCUT2D eigenvalue weighted by Gasteiger charge is 2.52. The molecule has 3 aromatic carbocycles. The first-order valence-electron chi connectivity index (χ1n) is 11.9. The number of rotatable bonds is 9. The van der Waals surface area contributed by atoms with Crippen molar-refractivity contribution in [1.29, 1.82) is 0 Å². The average Bonchev–Trinajstić information content (AvgIpc) is 3.10. The van der Waals surface area contributed by atoms with E-state index < -0.39 is 17.5 Å². The molecule has 0 aromatic heterocycles. The number of urea groups is 1. The monoisotopic (exact) mass is 483 g/mol. The molecule has 1 fully saturated rings. The van der Waals surface area contributed by atoms with Crippen LogP contribution in [0.15, 0.2) is 84.9 Å². The molecule has 184 valence electrons. The second kappa shape index (κ2) is 10.6. The molecule has 1 aliphatic heterocycles. The number of hydrogen-bond donors (Lipinski definition) is 2. The van der Waals surface area contributed by atoms with Gasteiger partial charge in [-0.2, -0.15) is 0 Å². The Bertz CT molecular complexity index is 1260. The molecule has 0 bridgehead atoms. The number of imide groups is 1. The standard InChI is InChI=1S/C29H29N3O4/c1-20(2)17-26(34)30-24-15-13-22(14-16-24)25(33)19-32-27(35)29(31-28(32)36,23-11-7-4-8-12-23)18-21-9-5-3-6-10-21/h3-16,20H,17-19H2,1-2H3,(H,30,34)(H,31,36). The van der Waals surface area contributed by atoms with Crippen LogP contribution in [0.3, 0.4) is 0 Å². The summed E-state index contributed by atoms with van der Waals surface area (Å²) in [6.45, 7) is 3.54. The second-order valence-corrected chi connectivity index (χ2v) is 9.40. The van der Waals surface area contributed by atoms with Gasteiger partial charge in [0, 0.05) is 24.1 Å². The fourth-order valence-electron chi connectivity index (χ4n) is 4.37. The first-order chi connectivity index (χ1) is 17.3. The van der Waals surface area contributed by atoms with E-state index in [1.807, 2.05) is 62.4 Å². The highest BCUT2D eigenvalue weighted by atomic mass is 16.2. The van der Waals surface area contributed by atoms with Gasteiger partial charge < -0.3 is 10.6 Å². The van der Waals surface area contributed by atoms with Gasteiger partial charge in [0.15, 0.2) is 11.3 Å². The average molecular weight is 484 g/mol. The van der Waals surface area contributed by atoms with Gasteiger partial charge in [0.2, 0.25) is 5.91 Å². The van der Waals surface area contributed by atoms with Crippen molar-refractivity contribution in [3.05, 3.63) is 102 Å². The van der Waals surface area contributed by atoms with Crippen LogP contribution in [0, 0.1) is 5.92 Å². The van der Waals surface area contributed by atoms with Gasteiger partial charge in [-0.15, -0.1) is 0 Å². The van der Waals surface area contributed by atoms with Gasteiger partial charge in [-0.1, -0.05) is 74.5 Å².